The molecule has 0 saturated carbocycles. The zero-order valence-electron chi connectivity index (χ0n) is 9.76. The van der Waals surface area contributed by atoms with Crippen molar-refractivity contribution in [3.63, 3.8) is 0 Å². The average Bonchev–Trinajstić information content (AvgIpc) is 2.01. The van der Waals surface area contributed by atoms with Crippen LogP contribution < -0.4 is 5.32 Å². The number of rotatable bonds is 6. The molecular weight excluding hydrogens is 198 g/mol. The minimum Gasteiger partial charge on any atom is -0.312 e. The predicted octanol–water partition coefficient (Wildman–Crippen LogP) is 1.59. The van der Waals surface area contributed by atoms with Crippen molar-refractivity contribution in [2.75, 3.05) is 18.1 Å². The topological polar surface area (TPSA) is 46.2 Å². The van der Waals surface area contributed by atoms with E-state index in [9.17, 15) is 8.42 Å². The first kappa shape index (κ1) is 13.9. The number of hydrogen-bond acceptors (Lipinski definition) is 3. The van der Waals surface area contributed by atoms with Crippen LogP contribution in [0.15, 0.2) is 0 Å². The van der Waals surface area contributed by atoms with Crippen molar-refractivity contribution >= 4 is 9.84 Å². The van der Waals surface area contributed by atoms with E-state index >= 15 is 0 Å². The summed E-state index contributed by atoms with van der Waals surface area (Å²) in [4.78, 5) is 0. The predicted molar refractivity (Wildman–Crippen MR) is 61.3 cm³/mol. The van der Waals surface area contributed by atoms with Crippen LogP contribution in [-0.4, -0.2) is 32.0 Å². The Morgan fingerprint density at radius 1 is 1.14 bits per heavy atom. The van der Waals surface area contributed by atoms with Crippen LogP contribution in [0.25, 0.3) is 0 Å². The Hall–Kier alpha value is -0.0900. The van der Waals surface area contributed by atoms with Crippen LogP contribution in [0.5, 0.6) is 0 Å². The SMILES string of the molecule is CCS(=O)(=O)CCCCNC(C)(C)C. The van der Waals surface area contributed by atoms with Crippen molar-refractivity contribution in [1.29, 1.82) is 0 Å². The van der Waals surface area contributed by atoms with Gasteiger partial charge in [0.05, 0.1) is 5.75 Å². The van der Waals surface area contributed by atoms with Gasteiger partial charge in [-0.25, -0.2) is 8.42 Å². The van der Waals surface area contributed by atoms with Crippen molar-refractivity contribution < 1.29 is 8.42 Å². The monoisotopic (exact) mass is 221 g/mol. The quantitative estimate of drug-likeness (QED) is 0.693. The molecule has 0 aromatic heterocycles. The first-order valence-electron chi connectivity index (χ1n) is 5.22. The maximum Gasteiger partial charge on any atom is 0.150 e. The van der Waals surface area contributed by atoms with Crippen LogP contribution in [-0.2, 0) is 9.84 Å². The van der Waals surface area contributed by atoms with E-state index in [1.807, 2.05) is 0 Å². The molecule has 0 aliphatic rings. The second kappa shape index (κ2) is 5.71. The highest BCUT2D eigenvalue weighted by Crippen LogP contribution is 2.00. The molecule has 0 fully saturated rings. The molecule has 0 aliphatic carbocycles. The van der Waals surface area contributed by atoms with Gasteiger partial charge in [0.1, 0.15) is 9.84 Å². The van der Waals surface area contributed by atoms with E-state index in [1.165, 1.54) is 0 Å². The number of sulfone groups is 1. The third kappa shape index (κ3) is 8.51. The Kier molecular flexibility index (Phi) is 5.67. The molecule has 14 heavy (non-hydrogen) atoms. The Balaban J connectivity index is 3.49. The molecule has 0 radical (unpaired) electrons. The maximum absolute atomic E-state index is 11.1. The van der Waals surface area contributed by atoms with E-state index < -0.39 is 9.84 Å². The highest BCUT2D eigenvalue weighted by atomic mass is 32.2. The number of unbranched alkanes of at least 4 members (excludes halogenated alkanes) is 1. The Bertz CT molecular complexity index is 239. The lowest BCUT2D eigenvalue weighted by molar-refractivity contribution is 0.421. The van der Waals surface area contributed by atoms with Gasteiger partial charge in [-0.1, -0.05) is 6.92 Å². The molecular formula is C10H23NO2S. The fourth-order valence-corrected chi connectivity index (χ4v) is 1.99. The van der Waals surface area contributed by atoms with E-state index in [0.717, 1.165) is 19.4 Å². The molecule has 0 unspecified atom stereocenters. The van der Waals surface area contributed by atoms with Gasteiger partial charge in [-0.3, -0.25) is 0 Å². The summed E-state index contributed by atoms with van der Waals surface area (Å²) < 4.78 is 22.3. The van der Waals surface area contributed by atoms with Crippen LogP contribution in [0.1, 0.15) is 40.5 Å². The highest BCUT2D eigenvalue weighted by molar-refractivity contribution is 7.91. The molecule has 0 aromatic carbocycles. The number of nitrogens with one attached hydrogen (secondary N) is 1. The first-order chi connectivity index (χ1) is 6.27. The van der Waals surface area contributed by atoms with Gasteiger partial charge in [0.2, 0.25) is 0 Å². The highest BCUT2D eigenvalue weighted by Gasteiger charge is 2.09. The summed E-state index contributed by atoms with van der Waals surface area (Å²) in [5.74, 6) is 0.592. The molecule has 0 rings (SSSR count). The average molecular weight is 221 g/mol. The van der Waals surface area contributed by atoms with Gasteiger partial charge in [0, 0.05) is 11.3 Å². The molecule has 86 valence electrons. The van der Waals surface area contributed by atoms with Gasteiger partial charge in [-0.05, 0) is 40.2 Å². The lowest BCUT2D eigenvalue weighted by Gasteiger charge is -2.20. The van der Waals surface area contributed by atoms with Gasteiger partial charge >= 0.3 is 0 Å². The fraction of sp³-hybridized carbons (Fsp3) is 1.00. The molecule has 0 aliphatic heterocycles. The summed E-state index contributed by atoms with van der Waals surface area (Å²) >= 11 is 0. The normalized spacial score (nSPS) is 13.1. The zero-order valence-corrected chi connectivity index (χ0v) is 10.6. The second-order valence-electron chi connectivity index (χ2n) is 4.62. The summed E-state index contributed by atoms with van der Waals surface area (Å²) in [6.07, 6.45) is 1.69. The molecule has 0 heterocycles. The summed E-state index contributed by atoms with van der Waals surface area (Å²) in [6.45, 7) is 8.91. The zero-order chi connectivity index (χ0) is 11.2. The Morgan fingerprint density at radius 3 is 2.14 bits per heavy atom. The Morgan fingerprint density at radius 2 is 1.71 bits per heavy atom. The van der Waals surface area contributed by atoms with Crippen molar-refractivity contribution in [1.82, 2.24) is 5.32 Å². The van der Waals surface area contributed by atoms with E-state index in [-0.39, 0.29) is 11.3 Å². The molecule has 0 bridgehead atoms. The standard InChI is InChI=1S/C10H23NO2S/c1-5-14(12,13)9-7-6-8-11-10(2,3)4/h11H,5-9H2,1-4H3. The third-order valence-corrected chi connectivity index (χ3v) is 3.77. The van der Waals surface area contributed by atoms with Gasteiger partial charge in [-0.2, -0.15) is 0 Å². The molecule has 0 atom stereocenters. The van der Waals surface area contributed by atoms with Crippen LogP contribution in [0.3, 0.4) is 0 Å². The lowest BCUT2D eigenvalue weighted by Crippen LogP contribution is -2.36. The summed E-state index contributed by atoms with van der Waals surface area (Å²) in [5, 5.41) is 3.33. The van der Waals surface area contributed by atoms with Gasteiger partial charge < -0.3 is 5.32 Å². The van der Waals surface area contributed by atoms with Crippen LogP contribution in [0, 0.1) is 0 Å². The first-order valence-corrected chi connectivity index (χ1v) is 7.04. The van der Waals surface area contributed by atoms with Crippen LogP contribution in [0.4, 0.5) is 0 Å². The van der Waals surface area contributed by atoms with Crippen molar-refractivity contribution in [3.05, 3.63) is 0 Å². The van der Waals surface area contributed by atoms with Crippen molar-refractivity contribution in [2.45, 2.75) is 46.1 Å². The van der Waals surface area contributed by atoms with Crippen molar-refractivity contribution in [2.24, 2.45) is 0 Å². The third-order valence-electron chi connectivity index (χ3n) is 1.98. The minimum atomic E-state index is -2.76. The summed E-state index contributed by atoms with van der Waals surface area (Å²) in [6, 6.07) is 0. The minimum absolute atomic E-state index is 0.129. The van der Waals surface area contributed by atoms with E-state index in [4.69, 9.17) is 0 Å². The molecule has 1 N–H and O–H groups in total. The van der Waals surface area contributed by atoms with Crippen LogP contribution >= 0.6 is 0 Å². The largest absolute Gasteiger partial charge is 0.312 e. The Labute approximate surface area is 88.2 Å². The number of hydrogen-bond donors (Lipinski definition) is 1. The van der Waals surface area contributed by atoms with Gasteiger partial charge in [0.25, 0.3) is 0 Å². The molecule has 0 amide bonds. The van der Waals surface area contributed by atoms with Gasteiger partial charge in [-0.15, -0.1) is 0 Å². The lowest BCUT2D eigenvalue weighted by atomic mass is 10.1. The van der Waals surface area contributed by atoms with Crippen LogP contribution in [0.2, 0.25) is 0 Å². The van der Waals surface area contributed by atoms with E-state index in [1.54, 1.807) is 6.92 Å². The molecule has 0 spiro atoms. The smallest absolute Gasteiger partial charge is 0.150 e. The van der Waals surface area contributed by atoms with Crippen molar-refractivity contribution in [3.8, 4) is 0 Å². The molecule has 4 heteroatoms. The summed E-state index contributed by atoms with van der Waals surface area (Å²) in [7, 11) is -2.76. The van der Waals surface area contributed by atoms with Gasteiger partial charge in [0.15, 0.2) is 0 Å². The summed E-state index contributed by atoms with van der Waals surface area (Å²) in [5.41, 5.74) is 0.129. The second-order valence-corrected chi connectivity index (χ2v) is 7.09. The van der Waals surface area contributed by atoms with E-state index in [0.29, 0.717) is 5.75 Å². The van der Waals surface area contributed by atoms with E-state index in [2.05, 4.69) is 26.1 Å². The maximum atomic E-state index is 11.1. The molecule has 3 nitrogen and oxygen atoms in total. The molecule has 0 saturated heterocycles. The molecule has 0 aromatic rings. The fourth-order valence-electron chi connectivity index (χ4n) is 1.05.